The topological polar surface area (TPSA) is 76.7 Å². The van der Waals surface area contributed by atoms with Crippen molar-refractivity contribution in [2.75, 3.05) is 0 Å². The van der Waals surface area contributed by atoms with Crippen LogP contribution in [-0.4, -0.2) is 31.0 Å². The zero-order valence-electron chi connectivity index (χ0n) is 21.6. The number of benzene rings is 2. The summed E-state index contributed by atoms with van der Waals surface area (Å²) in [7, 11) is 0. The standard InChI is InChI=1S/C29H28ClN3O3S/c1-15-13-21-26(37-27(32-21)19-11-12-33-17(3)31-16(2)22(33)14-19)24(18-7-9-20(30)10-8-18)23(15)25(28(34)35)36-29(4,5)6/h7-14,25H,1-6H3,(H,34,35)/t25-/m0/s1. The predicted molar refractivity (Wildman–Crippen MR) is 150 cm³/mol. The van der Waals surface area contributed by atoms with Gasteiger partial charge in [-0.2, -0.15) is 0 Å². The van der Waals surface area contributed by atoms with E-state index in [4.69, 9.17) is 21.3 Å². The number of pyridine rings is 1. The molecule has 5 aromatic rings. The van der Waals surface area contributed by atoms with Gasteiger partial charge in [0.15, 0.2) is 6.10 Å². The van der Waals surface area contributed by atoms with Gasteiger partial charge in [-0.05, 0) is 83.0 Å². The van der Waals surface area contributed by atoms with Gasteiger partial charge in [0.25, 0.3) is 0 Å². The Bertz CT molecular complexity index is 1660. The number of nitrogens with zero attached hydrogens (tertiary/aromatic N) is 3. The average molecular weight is 534 g/mol. The second-order valence-corrected chi connectivity index (χ2v) is 11.7. The number of aliphatic carboxylic acids is 1. The maximum absolute atomic E-state index is 12.5. The highest BCUT2D eigenvalue weighted by atomic mass is 35.5. The summed E-state index contributed by atoms with van der Waals surface area (Å²) in [5.74, 6) is -0.0958. The molecule has 5 rings (SSSR count). The van der Waals surface area contributed by atoms with E-state index >= 15 is 0 Å². The minimum atomic E-state index is -1.14. The summed E-state index contributed by atoms with van der Waals surface area (Å²) in [4.78, 5) is 22.1. The van der Waals surface area contributed by atoms with E-state index in [9.17, 15) is 9.90 Å². The Balaban J connectivity index is 1.78. The number of carboxylic acids is 1. The quantitative estimate of drug-likeness (QED) is 0.249. The second-order valence-electron chi connectivity index (χ2n) is 10.2. The Kier molecular flexibility index (Phi) is 6.34. The molecule has 6 nitrogen and oxygen atoms in total. The van der Waals surface area contributed by atoms with Crippen molar-refractivity contribution in [2.24, 2.45) is 0 Å². The third-order valence-corrected chi connectivity index (χ3v) is 7.66. The molecule has 3 heterocycles. The zero-order chi connectivity index (χ0) is 26.6. The Morgan fingerprint density at radius 2 is 1.76 bits per heavy atom. The number of rotatable bonds is 5. The fraction of sp³-hybridized carbons (Fsp3) is 0.276. The lowest BCUT2D eigenvalue weighted by atomic mass is 9.91. The van der Waals surface area contributed by atoms with Crippen molar-refractivity contribution in [1.29, 1.82) is 0 Å². The van der Waals surface area contributed by atoms with Gasteiger partial charge in [0.05, 0.1) is 27.0 Å². The molecule has 1 atom stereocenters. The molecule has 3 aromatic heterocycles. The van der Waals surface area contributed by atoms with Crippen molar-refractivity contribution in [3.8, 4) is 21.7 Å². The van der Waals surface area contributed by atoms with Crippen LogP contribution in [0.25, 0.3) is 37.4 Å². The van der Waals surface area contributed by atoms with E-state index in [2.05, 4.69) is 15.5 Å². The maximum atomic E-state index is 12.5. The van der Waals surface area contributed by atoms with E-state index in [-0.39, 0.29) is 0 Å². The van der Waals surface area contributed by atoms with Crippen LogP contribution in [0.3, 0.4) is 0 Å². The Morgan fingerprint density at radius 3 is 2.41 bits per heavy atom. The number of thiazole rings is 1. The third kappa shape index (κ3) is 4.75. The molecule has 0 radical (unpaired) electrons. The SMILES string of the molecule is Cc1cc2nc(-c3ccn4c(C)nc(C)c4c3)sc2c(-c2ccc(Cl)cc2)c1[C@H](OC(C)(C)C)C(=O)O. The van der Waals surface area contributed by atoms with Crippen LogP contribution in [0.15, 0.2) is 48.7 Å². The summed E-state index contributed by atoms with van der Waals surface area (Å²) in [6, 6.07) is 13.6. The molecular formula is C29H28ClN3O3S. The van der Waals surface area contributed by atoms with E-state index in [1.165, 1.54) is 0 Å². The van der Waals surface area contributed by atoms with Crippen LogP contribution in [0.5, 0.6) is 0 Å². The Morgan fingerprint density at radius 1 is 1.05 bits per heavy atom. The molecule has 0 bridgehead atoms. The lowest BCUT2D eigenvalue weighted by molar-refractivity contribution is -0.160. The van der Waals surface area contributed by atoms with Gasteiger partial charge in [-0.15, -0.1) is 11.3 Å². The highest BCUT2D eigenvalue weighted by Gasteiger charge is 2.32. The van der Waals surface area contributed by atoms with E-state index in [1.807, 2.05) is 84.1 Å². The molecule has 0 saturated carbocycles. The van der Waals surface area contributed by atoms with Crippen molar-refractivity contribution in [1.82, 2.24) is 14.4 Å². The monoisotopic (exact) mass is 533 g/mol. The van der Waals surface area contributed by atoms with Crippen LogP contribution in [0, 0.1) is 20.8 Å². The number of halogens is 1. The van der Waals surface area contributed by atoms with Crippen LogP contribution >= 0.6 is 22.9 Å². The minimum absolute atomic E-state index is 0.611. The largest absolute Gasteiger partial charge is 0.479 e. The molecular weight excluding hydrogens is 506 g/mol. The summed E-state index contributed by atoms with van der Waals surface area (Å²) >= 11 is 7.74. The van der Waals surface area contributed by atoms with Crippen molar-refractivity contribution in [2.45, 2.75) is 53.2 Å². The maximum Gasteiger partial charge on any atom is 0.337 e. The van der Waals surface area contributed by atoms with Gasteiger partial charge in [-0.1, -0.05) is 23.7 Å². The molecule has 0 spiro atoms. The molecule has 0 saturated heterocycles. The molecule has 0 amide bonds. The van der Waals surface area contributed by atoms with Gasteiger partial charge < -0.3 is 14.2 Å². The number of aryl methyl sites for hydroxylation is 3. The first-order valence-corrected chi connectivity index (χ1v) is 13.2. The molecule has 2 aromatic carbocycles. The van der Waals surface area contributed by atoms with E-state index in [1.54, 1.807) is 11.3 Å². The van der Waals surface area contributed by atoms with Crippen LogP contribution in [0.1, 0.15) is 49.5 Å². The second kappa shape index (κ2) is 9.24. The highest BCUT2D eigenvalue weighted by Crippen LogP contribution is 2.44. The van der Waals surface area contributed by atoms with E-state index in [0.29, 0.717) is 10.6 Å². The smallest absolute Gasteiger partial charge is 0.337 e. The Hall–Kier alpha value is -3.26. The molecule has 0 fully saturated rings. The molecule has 0 aliphatic carbocycles. The molecule has 0 unspecified atom stereocenters. The zero-order valence-corrected chi connectivity index (χ0v) is 23.2. The fourth-order valence-corrected chi connectivity index (χ4v) is 5.96. The lowest BCUT2D eigenvalue weighted by Gasteiger charge is -2.28. The number of carbonyl (C=O) groups is 1. The number of carboxylic acid groups (broad SMARTS) is 1. The summed E-state index contributed by atoms with van der Waals surface area (Å²) < 4.78 is 9.07. The van der Waals surface area contributed by atoms with Crippen LogP contribution < -0.4 is 0 Å². The number of hydrogen-bond donors (Lipinski definition) is 1. The van der Waals surface area contributed by atoms with Crippen molar-refractivity contribution in [3.63, 3.8) is 0 Å². The summed E-state index contributed by atoms with van der Waals surface area (Å²) in [5, 5.41) is 11.7. The normalized spacial score (nSPS) is 12.9. The molecule has 1 N–H and O–H groups in total. The molecule has 0 aliphatic heterocycles. The van der Waals surface area contributed by atoms with Gasteiger partial charge >= 0.3 is 5.97 Å². The molecule has 37 heavy (non-hydrogen) atoms. The Labute approximate surface area is 224 Å². The van der Waals surface area contributed by atoms with Gasteiger partial charge in [-0.25, -0.2) is 14.8 Å². The van der Waals surface area contributed by atoms with Gasteiger partial charge in [0.1, 0.15) is 10.8 Å². The summed E-state index contributed by atoms with van der Waals surface area (Å²) in [6.45, 7) is 11.5. The van der Waals surface area contributed by atoms with Gasteiger partial charge in [-0.3, -0.25) is 0 Å². The first-order chi connectivity index (χ1) is 17.4. The van der Waals surface area contributed by atoms with E-state index < -0.39 is 17.7 Å². The first kappa shape index (κ1) is 25.4. The molecule has 8 heteroatoms. The number of hydrogen-bond acceptors (Lipinski definition) is 5. The van der Waals surface area contributed by atoms with Gasteiger partial charge in [0, 0.05) is 27.9 Å². The predicted octanol–water partition coefficient (Wildman–Crippen LogP) is 7.80. The minimum Gasteiger partial charge on any atom is -0.479 e. The van der Waals surface area contributed by atoms with Gasteiger partial charge in [0.2, 0.25) is 0 Å². The fourth-order valence-electron chi connectivity index (χ4n) is 4.71. The number of aromatic nitrogens is 3. The average Bonchev–Trinajstić information content (AvgIpc) is 3.37. The van der Waals surface area contributed by atoms with Crippen LogP contribution in [-0.2, 0) is 9.53 Å². The highest BCUT2D eigenvalue weighted by molar-refractivity contribution is 7.22. The molecule has 190 valence electrons. The number of imidazole rings is 1. The van der Waals surface area contributed by atoms with Crippen molar-refractivity contribution >= 4 is 44.6 Å². The van der Waals surface area contributed by atoms with Crippen molar-refractivity contribution < 1.29 is 14.6 Å². The first-order valence-electron chi connectivity index (χ1n) is 12.0. The molecule has 0 aliphatic rings. The van der Waals surface area contributed by atoms with E-state index in [0.717, 1.165) is 54.5 Å². The number of ether oxygens (including phenoxy) is 1. The number of fused-ring (bicyclic) bond motifs is 2. The van der Waals surface area contributed by atoms with Crippen LogP contribution in [0.4, 0.5) is 0 Å². The van der Waals surface area contributed by atoms with Crippen LogP contribution in [0.2, 0.25) is 5.02 Å². The lowest BCUT2D eigenvalue weighted by Crippen LogP contribution is -2.28. The summed E-state index contributed by atoms with van der Waals surface area (Å²) in [6.07, 6.45) is 0.870. The summed E-state index contributed by atoms with van der Waals surface area (Å²) in [5.41, 5.74) is 6.25. The van der Waals surface area contributed by atoms with Crippen molar-refractivity contribution in [3.05, 3.63) is 76.3 Å². The third-order valence-electron chi connectivity index (χ3n) is 6.27.